The fraction of sp³-hybridized carbons (Fsp3) is 0.167. The van der Waals surface area contributed by atoms with E-state index in [4.69, 9.17) is 11.7 Å². The molecule has 0 aromatic heterocycles. The van der Waals surface area contributed by atoms with Gasteiger partial charge in [-0.05, 0) is 12.2 Å². The Morgan fingerprint density at radius 1 is 1.33 bits per heavy atom. The van der Waals surface area contributed by atoms with Crippen LogP contribution in [0.25, 0.3) is 0 Å². The Morgan fingerprint density at radius 2 is 2.00 bits per heavy atom. The average Bonchev–Trinajstić information content (AvgIpc) is 2.04. The average molecular weight is 187 g/mol. The van der Waals surface area contributed by atoms with Crippen molar-refractivity contribution in [1.29, 1.82) is 0 Å². The second-order valence-electron chi connectivity index (χ2n) is 2.27. The van der Waals surface area contributed by atoms with Gasteiger partial charge in [-0.15, -0.1) is 0 Å². The summed E-state index contributed by atoms with van der Waals surface area (Å²) in [5.41, 5.74) is 0.601. The fourth-order valence-electron chi connectivity index (χ4n) is 0.835. The van der Waals surface area contributed by atoms with Gasteiger partial charge in [0.2, 0.25) is 10.3 Å². The van der Waals surface area contributed by atoms with Crippen LogP contribution in [0.15, 0.2) is 23.9 Å². The van der Waals surface area contributed by atoms with Gasteiger partial charge < -0.3 is 0 Å². The number of rotatable bonds is 1. The van der Waals surface area contributed by atoms with Crippen molar-refractivity contribution in [1.82, 2.24) is 5.12 Å². The van der Waals surface area contributed by atoms with Crippen LogP contribution in [-0.2, 0) is 10.3 Å². The molecule has 0 amide bonds. The van der Waals surface area contributed by atoms with Crippen LogP contribution in [0.3, 0.4) is 0 Å². The number of hydrogen-bond donors (Lipinski definition) is 2. The molecule has 0 saturated carbocycles. The monoisotopic (exact) mass is 187 g/mol. The van der Waals surface area contributed by atoms with Gasteiger partial charge in [0.05, 0.1) is 10.6 Å². The van der Waals surface area contributed by atoms with Crippen LogP contribution in [0.2, 0.25) is 0 Å². The molecule has 5 nitrogen and oxygen atoms in total. The van der Waals surface area contributed by atoms with E-state index in [1.807, 2.05) is 0 Å². The zero-order valence-electron chi connectivity index (χ0n) is 6.27. The second-order valence-corrected chi connectivity index (χ2v) is 3.27. The Kier molecular flexibility index (Phi) is 2.64. The lowest BCUT2D eigenvalue weighted by Crippen LogP contribution is -2.36. The van der Waals surface area contributed by atoms with Crippen molar-refractivity contribution in [3.05, 3.63) is 23.9 Å². The molecule has 0 aromatic carbocycles. The molecule has 4 N–H and O–H groups in total. The molecule has 6 heteroatoms. The summed E-state index contributed by atoms with van der Waals surface area (Å²) >= 11 is 0. The van der Waals surface area contributed by atoms with Crippen molar-refractivity contribution < 1.29 is 8.42 Å². The van der Waals surface area contributed by atoms with Crippen LogP contribution < -0.4 is 11.7 Å². The van der Waals surface area contributed by atoms with Crippen molar-refractivity contribution in [2.24, 2.45) is 11.7 Å². The normalized spacial score (nSPS) is 15.8. The Morgan fingerprint density at radius 3 is 2.33 bits per heavy atom. The lowest BCUT2D eigenvalue weighted by atomic mass is 10.1. The summed E-state index contributed by atoms with van der Waals surface area (Å²) in [5.74, 6) is 10.4. The maximum atomic E-state index is 10.4. The van der Waals surface area contributed by atoms with Gasteiger partial charge in [-0.25, -0.2) is 16.8 Å². The van der Waals surface area contributed by atoms with Crippen molar-refractivity contribution in [3.8, 4) is 0 Å². The topological polar surface area (TPSA) is 89.4 Å². The third-order valence-electron chi connectivity index (χ3n) is 1.46. The number of hydrogen-bond acceptors (Lipinski definition) is 5. The van der Waals surface area contributed by atoms with E-state index in [0.29, 0.717) is 17.0 Å². The molecular weight excluding hydrogens is 178 g/mol. The summed E-state index contributed by atoms with van der Waals surface area (Å²) in [6, 6.07) is 0. The van der Waals surface area contributed by atoms with Crippen LogP contribution in [0.5, 0.6) is 0 Å². The Bertz CT molecular complexity index is 353. The third-order valence-corrected chi connectivity index (χ3v) is 2.20. The molecule has 0 aromatic rings. The molecule has 0 radical (unpaired) electrons. The quantitative estimate of drug-likeness (QED) is 0.310. The van der Waals surface area contributed by atoms with E-state index in [9.17, 15) is 8.42 Å². The summed E-state index contributed by atoms with van der Waals surface area (Å²) in [7, 11) is -2.15. The van der Waals surface area contributed by atoms with E-state index < -0.39 is 10.3 Å². The van der Waals surface area contributed by atoms with Crippen LogP contribution in [0, 0.1) is 0 Å². The molecule has 0 unspecified atom stereocenters. The predicted octanol–water partition coefficient (Wildman–Crippen LogP) is -1.07. The minimum atomic E-state index is -2.15. The van der Waals surface area contributed by atoms with Gasteiger partial charge in [-0.1, -0.05) is 6.08 Å². The van der Waals surface area contributed by atoms with Gasteiger partial charge >= 0.3 is 0 Å². The maximum Gasteiger partial charge on any atom is 0.217 e. The molecule has 0 spiro atoms. The van der Waals surface area contributed by atoms with Crippen molar-refractivity contribution >= 4 is 15.2 Å². The molecule has 0 aliphatic heterocycles. The highest BCUT2D eigenvalue weighted by Crippen LogP contribution is 2.06. The highest BCUT2D eigenvalue weighted by Gasteiger charge is 2.04. The smallest absolute Gasteiger partial charge is 0.217 e. The zero-order valence-corrected chi connectivity index (χ0v) is 7.08. The predicted molar refractivity (Wildman–Crippen MR) is 46.0 cm³/mol. The molecule has 0 bridgehead atoms. The lowest BCUT2D eigenvalue weighted by molar-refractivity contribution is 0.387. The van der Waals surface area contributed by atoms with Gasteiger partial charge in [-0.2, -0.15) is 8.42 Å². The maximum absolute atomic E-state index is 10.4. The molecular formula is C6H9N3O2S. The first-order chi connectivity index (χ1) is 5.61. The van der Waals surface area contributed by atoms with E-state index in [2.05, 4.69) is 0 Å². The molecule has 0 fully saturated rings. The lowest BCUT2D eigenvalue weighted by Gasteiger charge is -2.14. The van der Waals surface area contributed by atoms with Crippen molar-refractivity contribution in [2.75, 3.05) is 0 Å². The van der Waals surface area contributed by atoms with E-state index in [0.717, 1.165) is 5.12 Å². The van der Waals surface area contributed by atoms with Crippen LogP contribution in [0.1, 0.15) is 6.42 Å². The number of hydrazine groups is 2. The molecule has 0 saturated heterocycles. The van der Waals surface area contributed by atoms with Gasteiger partial charge in [0, 0.05) is 6.42 Å². The van der Waals surface area contributed by atoms with Gasteiger partial charge in [0.1, 0.15) is 0 Å². The van der Waals surface area contributed by atoms with Gasteiger partial charge in [0.25, 0.3) is 0 Å². The molecule has 0 atom stereocenters. The van der Waals surface area contributed by atoms with Gasteiger partial charge in [-0.3, -0.25) is 0 Å². The molecule has 0 heterocycles. The standard InChI is InChI=1S/C6H9N3O2S/c7-9(8)5-1-3-6(4-2-5)12(10)11/h1-3H,4,7-8H2. The largest absolute Gasteiger partial charge is 0.247 e. The minimum absolute atomic E-state index is 0.334. The first kappa shape index (κ1) is 8.98. The molecule has 1 aliphatic rings. The van der Waals surface area contributed by atoms with E-state index in [1.165, 1.54) is 6.08 Å². The summed E-state index contributed by atoms with van der Waals surface area (Å²) in [5, 5.41) is 0.945. The van der Waals surface area contributed by atoms with Gasteiger partial charge in [0.15, 0.2) is 0 Å². The highest BCUT2D eigenvalue weighted by molar-refractivity contribution is 7.73. The molecule has 1 aliphatic carbocycles. The third kappa shape index (κ3) is 1.94. The number of nitrogens with zero attached hydrogens (tertiary/aromatic N) is 1. The van der Waals surface area contributed by atoms with Crippen molar-refractivity contribution in [2.45, 2.75) is 6.42 Å². The SMILES string of the molecule is NN(N)C1=CCC(=S(=O)=O)C=C1. The first-order valence-electron chi connectivity index (χ1n) is 3.24. The van der Waals surface area contributed by atoms with Crippen LogP contribution in [0.4, 0.5) is 0 Å². The number of nitrogens with two attached hydrogens (primary N) is 2. The van der Waals surface area contributed by atoms with Crippen LogP contribution in [-0.4, -0.2) is 18.4 Å². The summed E-state index contributed by atoms with van der Waals surface area (Å²) < 4.78 is 20.9. The van der Waals surface area contributed by atoms with Crippen molar-refractivity contribution in [3.63, 3.8) is 0 Å². The fourth-order valence-corrected chi connectivity index (χ4v) is 1.23. The Labute approximate surface area is 71.4 Å². The van der Waals surface area contributed by atoms with Crippen LogP contribution >= 0.6 is 0 Å². The minimum Gasteiger partial charge on any atom is -0.247 e. The summed E-state index contributed by atoms with van der Waals surface area (Å²) in [4.78, 5) is 0.334. The summed E-state index contributed by atoms with van der Waals surface area (Å²) in [6.45, 7) is 0. The second kappa shape index (κ2) is 3.53. The molecule has 12 heavy (non-hydrogen) atoms. The number of allylic oxidation sites excluding steroid dienone is 3. The Hall–Kier alpha value is -1.11. The Balaban J connectivity index is 2.89. The van der Waals surface area contributed by atoms with E-state index in [1.54, 1.807) is 12.2 Å². The molecule has 66 valence electrons. The first-order valence-corrected chi connectivity index (χ1v) is 4.31. The van der Waals surface area contributed by atoms with E-state index in [-0.39, 0.29) is 0 Å². The molecule has 1 rings (SSSR count). The summed E-state index contributed by atoms with van der Waals surface area (Å²) in [6.07, 6.45) is 5.01. The zero-order chi connectivity index (χ0) is 9.14. The van der Waals surface area contributed by atoms with E-state index >= 15 is 0 Å². The highest BCUT2D eigenvalue weighted by atomic mass is 32.2.